The molecule has 0 aliphatic rings. The normalized spacial score (nSPS) is 13.1. The van der Waals surface area contributed by atoms with Crippen molar-refractivity contribution in [2.45, 2.75) is 37.8 Å². The van der Waals surface area contributed by atoms with E-state index in [2.05, 4.69) is 20.6 Å². The Morgan fingerprint density at radius 3 is 2.62 bits per heavy atom. The van der Waals surface area contributed by atoms with Crippen molar-refractivity contribution < 1.29 is 19.5 Å². The number of hydrogen-bond acceptors (Lipinski definition) is 6. The molecule has 1 heterocycles. The predicted molar refractivity (Wildman–Crippen MR) is 85.7 cm³/mol. The van der Waals surface area contributed by atoms with Gasteiger partial charge in [0.25, 0.3) is 0 Å². The summed E-state index contributed by atoms with van der Waals surface area (Å²) in [6.07, 6.45) is 5.08. The van der Waals surface area contributed by atoms with E-state index in [9.17, 15) is 14.4 Å². The van der Waals surface area contributed by atoms with Crippen molar-refractivity contribution in [1.29, 1.82) is 0 Å². The molecule has 2 atom stereocenters. The minimum Gasteiger partial charge on any atom is -0.480 e. The SMILES string of the molecule is NCCCC[C@H](N)C(=O)N[C@@H](Cc1c[nH]cn1)C(=O)NCC(=O)O. The highest BCUT2D eigenvalue weighted by molar-refractivity contribution is 5.91. The summed E-state index contributed by atoms with van der Waals surface area (Å²) in [5, 5.41) is 13.4. The molecule has 0 bridgehead atoms. The number of imidazole rings is 1. The molecule has 1 rings (SSSR count). The first-order chi connectivity index (χ1) is 11.4. The molecule has 2 amide bonds. The molecule has 0 saturated carbocycles. The van der Waals surface area contributed by atoms with Gasteiger partial charge in [-0.2, -0.15) is 0 Å². The van der Waals surface area contributed by atoms with Crippen LogP contribution in [0.3, 0.4) is 0 Å². The van der Waals surface area contributed by atoms with Gasteiger partial charge in [0.2, 0.25) is 11.8 Å². The molecular weight excluding hydrogens is 316 g/mol. The number of unbranched alkanes of at least 4 members (excludes halogenated alkanes) is 1. The maximum Gasteiger partial charge on any atom is 0.322 e. The number of aliphatic carboxylic acids is 1. The van der Waals surface area contributed by atoms with Crippen molar-refractivity contribution in [3.63, 3.8) is 0 Å². The highest BCUT2D eigenvalue weighted by atomic mass is 16.4. The highest BCUT2D eigenvalue weighted by Gasteiger charge is 2.24. The molecular formula is C14H24N6O4. The third kappa shape index (κ3) is 7.20. The molecule has 1 aromatic heterocycles. The number of H-pyrrole nitrogens is 1. The first kappa shape index (κ1) is 19.6. The third-order valence-electron chi connectivity index (χ3n) is 3.32. The summed E-state index contributed by atoms with van der Waals surface area (Å²) >= 11 is 0. The summed E-state index contributed by atoms with van der Waals surface area (Å²) in [5.74, 6) is -2.26. The Bertz CT molecular complexity index is 533. The van der Waals surface area contributed by atoms with E-state index in [1.54, 1.807) is 6.20 Å². The van der Waals surface area contributed by atoms with Gasteiger partial charge in [-0.25, -0.2) is 4.98 Å². The van der Waals surface area contributed by atoms with E-state index in [1.807, 2.05) is 0 Å². The van der Waals surface area contributed by atoms with E-state index < -0.39 is 36.4 Å². The number of carbonyl (C=O) groups is 3. The Balaban J connectivity index is 2.64. The Labute approximate surface area is 139 Å². The lowest BCUT2D eigenvalue weighted by molar-refractivity contribution is -0.138. The van der Waals surface area contributed by atoms with Crippen LogP contribution in [0.5, 0.6) is 0 Å². The van der Waals surface area contributed by atoms with Crippen LogP contribution >= 0.6 is 0 Å². The second-order valence-electron chi connectivity index (χ2n) is 5.33. The van der Waals surface area contributed by atoms with E-state index in [0.29, 0.717) is 25.1 Å². The van der Waals surface area contributed by atoms with E-state index in [4.69, 9.17) is 16.6 Å². The zero-order valence-electron chi connectivity index (χ0n) is 13.3. The lowest BCUT2D eigenvalue weighted by atomic mass is 10.1. The Kier molecular flexibility index (Phi) is 8.44. The maximum atomic E-state index is 12.1. The number of carbonyl (C=O) groups excluding carboxylic acids is 2. The second kappa shape index (κ2) is 10.3. The van der Waals surface area contributed by atoms with E-state index in [1.165, 1.54) is 6.33 Å². The summed E-state index contributed by atoms with van der Waals surface area (Å²) in [5.41, 5.74) is 11.8. The average molecular weight is 340 g/mol. The Morgan fingerprint density at radius 2 is 2.04 bits per heavy atom. The van der Waals surface area contributed by atoms with Crippen LogP contribution in [0.15, 0.2) is 12.5 Å². The Hall–Kier alpha value is -2.46. The van der Waals surface area contributed by atoms with E-state index in [-0.39, 0.29) is 6.42 Å². The number of aromatic nitrogens is 2. The molecule has 1 aromatic rings. The summed E-state index contributed by atoms with van der Waals surface area (Å²) in [4.78, 5) is 41.6. The van der Waals surface area contributed by atoms with Crippen molar-refractivity contribution in [3.8, 4) is 0 Å². The third-order valence-corrected chi connectivity index (χ3v) is 3.32. The summed E-state index contributed by atoms with van der Waals surface area (Å²) in [6, 6.07) is -1.72. The number of nitrogens with zero attached hydrogens (tertiary/aromatic N) is 1. The second-order valence-corrected chi connectivity index (χ2v) is 5.33. The first-order valence-electron chi connectivity index (χ1n) is 7.67. The van der Waals surface area contributed by atoms with Gasteiger partial charge in [-0.1, -0.05) is 6.42 Å². The summed E-state index contributed by atoms with van der Waals surface area (Å²) in [7, 11) is 0. The highest BCUT2D eigenvalue weighted by Crippen LogP contribution is 2.02. The molecule has 0 aromatic carbocycles. The van der Waals surface area contributed by atoms with Crippen molar-refractivity contribution in [2.24, 2.45) is 11.5 Å². The van der Waals surface area contributed by atoms with Gasteiger partial charge in [-0.15, -0.1) is 0 Å². The Morgan fingerprint density at radius 1 is 1.29 bits per heavy atom. The fourth-order valence-electron chi connectivity index (χ4n) is 2.03. The van der Waals surface area contributed by atoms with Crippen LogP contribution in [-0.2, 0) is 20.8 Å². The van der Waals surface area contributed by atoms with Crippen LogP contribution in [0.4, 0.5) is 0 Å². The standard InChI is InChI=1S/C14H24N6O4/c15-4-2-1-3-10(16)13(23)20-11(5-9-6-17-8-19-9)14(24)18-7-12(21)22/h6,8,10-11H,1-5,7,15-16H2,(H,17,19)(H,18,24)(H,20,23)(H,21,22)/t10-,11-/m0/s1. The van der Waals surface area contributed by atoms with Gasteiger partial charge in [-0.3, -0.25) is 14.4 Å². The number of aromatic amines is 1. The molecule has 0 aliphatic heterocycles. The predicted octanol–water partition coefficient (Wildman–Crippen LogP) is -1.91. The largest absolute Gasteiger partial charge is 0.480 e. The van der Waals surface area contributed by atoms with E-state index >= 15 is 0 Å². The van der Waals surface area contributed by atoms with Gasteiger partial charge >= 0.3 is 5.97 Å². The number of rotatable bonds is 11. The smallest absolute Gasteiger partial charge is 0.322 e. The van der Waals surface area contributed by atoms with Gasteiger partial charge in [0.15, 0.2) is 0 Å². The van der Waals surface area contributed by atoms with Gasteiger partial charge in [0.1, 0.15) is 12.6 Å². The number of nitrogens with one attached hydrogen (secondary N) is 3. The number of hydrogen-bond donors (Lipinski definition) is 6. The molecule has 10 nitrogen and oxygen atoms in total. The van der Waals surface area contributed by atoms with Crippen molar-refractivity contribution in [2.75, 3.05) is 13.1 Å². The quantitative estimate of drug-likeness (QED) is 0.255. The maximum absolute atomic E-state index is 12.1. The topological polar surface area (TPSA) is 176 Å². The number of nitrogens with two attached hydrogens (primary N) is 2. The van der Waals surface area contributed by atoms with Crippen LogP contribution in [0.1, 0.15) is 25.0 Å². The van der Waals surface area contributed by atoms with Crippen LogP contribution < -0.4 is 22.1 Å². The number of carboxylic acid groups (broad SMARTS) is 1. The minimum atomic E-state index is -1.17. The molecule has 0 fully saturated rings. The van der Waals surface area contributed by atoms with Crippen LogP contribution in [0.25, 0.3) is 0 Å². The molecule has 134 valence electrons. The first-order valence-corrected chi connectivity index (χ1v) is 7.67. The molecule has 10 heteroatoms. The van der Waals surface area contributed by atoms with Gasteiger partial charge < -0.3 is 32.2 Å². The van der Waals surface area contributed by atoms with Crippen molar-refractivity contribution in [1.82, 2.24) is 20.6 Å². The van der Waals surface area contributed by atoms with Crippen molar-refractivity contribution >= 4 is 17.8 Å². The zero-order chi connectivity index (χ0) is 17.9. The van der Waals surface area contributed by atoms with Gasteiger partial charge in [0.05, 0.1) is 18.1 Å². The summed E-state index contributed by atoms with van der Waals surface area (Å²) < 4.78 is 0. The fraction of sp³-hybridized carbons (Fsp3) is 0.571. The van der Waals surface area contributed by atoms with Crippen LogP contribution in [-0.4, -0.2) is 58.0 Å². The lowest BCUT2D eigenvalue weighted by Gasteiger charge is -2.19. The monoisotopic (exact) mass is 340 g/mol. The molecule has 0 spiro atoms. The van der Waals surface area contributed by atoms with Crippen molar-refractivity contribution in [3.05, 3.63) is 18.2 Å². The number of amides is 2. The fourth-order valence-corrected chi connectivity index (χ4v) is 2.03. The minimum absolute atomic E-state index is 0.121. The van der Waals surface area contributed by atoms with Gasteiger partial charge in [-0.05, 0) is 19.4 Å². The molecule has 0 saturated heterocycles. The molecule has 0 radical (unpaired) electrons. The van der Waals surface area contributed by atoms with Crippen LogP contribution in [0, 0.1) is 0 Å². The zero-order valence-corrected chi connectivity index (χ0v) is 13.3. The molecule has 0 unspecified atom stereocenters. The van der Waals surface area contributed by atoms with Gasteiger partial charge in [0, 0.05) is 12.6 Å². The van der Waals surface area contributed by atoms with E-state index in [0.717, 1.165) is 6.42 Å². The lowest BCUT2D eigenvalue weighted by Crippen LogP contribution is -2.53. The van der Waals surface area contributed by atoms with Crippen LogP contribution in [0.2, 0.25) is 0 Å². The average Bonchev–Trinajstić information content (AvgIpc) is 3.05. The number of carboxylic acids is 1. The molecule has 8 N–H and O–H groups in total. The summed E-state index contributed by atoms with van der Waals surface area (Å²) in [6.45, 7) is -0.0119. The molecule has 24 heavy (non-hydrogen) atoms. The molecule has 0 aliphatic carbocycles.